The van der Waals surface area contributed by atoms with Crippen molar-refractivity contribution in [2.45, 2.75) is 94.5 Å². The average Bonchev–Trinajstić information content (AvgIpc) is 3.36. The Bertz CT molecular complexity index is 876. The Balaban J connectivity index is 1.53. The van der Waals surface area contributed by atoms with Crippen LogP contribution in [0.15, 0.2) is 83.7 Å². The van der Waals surface area contributed by atoms with Gasteiger partial charge in [-0.1, -0.05) is 132 Å². The molecule has 0 saturated heterocycles. The monoisotopic (exact) mass is 474 g/mol. The lowest BCUT2D eigenvalue weighted by Crippen LogP contribution is -2.24. The largest absolute Gasteiger partial charge is 0.0798 e. The van der Waals surface area contributed by atoms with Crippen molar-refractivity contribution < 1.29 is 0 Å². The third-order valence-electron chi connectivity index (χ3n) is 8.12. The van der Waals surface area contributed by atoms with Gasteiger partial charge in [0.15, 0.2) is 0 Å². The van der Waals surface area contributed by atoms with Gasteiger partial charge in [-0.15, -0.1) is 0 Å². The van der Waals surface area contributed by atoms with Gasteiger partial charge >= 0.3 is 0 Å². The molecule has 0 nitrogen and oxygen atoms in total. The molecule has 3 aliphatic rings. The molecule has 174 valence electrons. The summed E-state index contributed by atoms with van der Waals surface area (Å²) in [6.45, 7) is 2.56. The molecular formula is C31H40P2. The van der Waals surface area contributed by atoms with Crippen molar-refractivity contribution in [3.8, 4) is 0 Å². The summed E-state index contributed by atoms with van der Waals surface area (Å²) >= 11 is 0. The fourth-order valence-electron chi connectivity index (χ4n) is 6.48. The van der Waals surface area contributed by atoms with Gasteiger partial charge in [-0.25, -0.2) is 0 Å². The van der Waals surface area contributed by atoms with E-state index in [4.69, 9.17) is 0 Å². The lowest BCUT2D eigenvalue weighted by atomic mass is 9.99. The first-order chi connectivity index (χ1) is 16.3. The van der Waals surface area contributed by atoms with Crippen LogP contribution in [0, 0.1) is 0 Å². The van der Waals surface area contributed by atoms with E-state index in [9.17, 15) is 0 Å². The molecule has 2 aromatic carbocycles. The molecule has 0 N–H and O–H groups in total. The Labute approximate surface area is 204 Å². The average molecular weight is 475 g/mol. The van der Waals surface area contributed by atoms with Gasteiger partial charge < -0.3 is 0 Å². The minimum Gasteiger partial charge on any atom is -0.0798 e. The van der Waals surface area contributed by atoms with Crippen LogP contribution < -0.4 is 10.6 Å². The van der Waals surface area contributed by atoms with E-state index >= 15 is 0 Å². The van der Waals surface area contributed by atoms with Crippen molar-refractivity contribution in [1.29, 1.82) is 0 Å². The van der Waals surface area contributed by atoms with Crippen molar-refractivity contribution in [2.75, 3.05) is 0 Å². The normalized spacial score (nSPS) is 21.3. The predicted octanol–water partition coefficient (Wildman–Crippen LogP) is 8.87. The highest BCUT2D eigenvalue weighted by atomic mass is 31.1. The Morgan fingerprint density at radius 2 is 1.15 bits per heavy atom. The second kappa shape index (κ2) is 11.5. The summed E-state index contributed by atoms with van der Waals surface area (Å²) in [5, 5.41) is 4.91. The molecule has 1 atom stereocenters. The second-order valence-corrected chi connectivity index (χ2v) is 15.5. The lowest BCUT2D eigenvalue weighted by Gasteiger charge is -2.40. The Hall–Kier alpha value is -1.22. The number of rotatable bonds is 7. The quantitative estimate of drug-likeness (QED) is 0.352. The maximum Gasteiger partial charge on any atom is 0.00650 e. The van der Waals surface area contributed by atoms with Crippen molar-refractivity contribution in [3.05, 3.63) is 83.7 Å². The molecule has 0 radical (unpaired) electrons. The van der Waals surface area contributed by atoms with Gasteiger partial charge in [0.25, 0.3) is 0 Å². The molecule has 0 heterocycles. The number of benzene rings is 2. The zero-order chi connectivity index (χ0) is 22.5. The Morgan fingerprint density at radius 3 is 1.64 bits per heavy atom. The van der Waals surface area contributed by atoms with Gasteiger partial charge in [-0.3, -0.25) is 0 Å². The first-order valence-corrected chi connectivity index (χ1v) is 16.3. The van der Waals surface area contributed by atoms with Gasteiger partial charge in [0, 0.05) is 5.66 Å². The van der Waals surface area contributed by atoms with E-state index in [-0.39, 0.29) is 7.92 Å². The molecule has 2 heteroatoms. The lowest BCUT2D eigenvalue weighted by molar-refractivity contribution is 0.486. The fourth-order valence-corrected chi connectivity index (χ4v) is 13.4. The molecule has 0 amide bonds. The minimum absolute atomic E-state index is 0.0293. The molecule has 2 fully saturated rings. The highest BCUT2D eigenvalue weighted by Crippen LogP contribution is 2.64. The van der Waals surface area contributed by atoms with Gasteiger partial charge in [0.1, 0.15) is 0 Å². The van der Waals surface area contributed by atoms with Crippen LogP contribution >= 0.6 is 15.8 Å². The fraction of sp³-hybridized carbons (Fsp3) is 0.484. The van der Waals surface area contributed by atoms with Crippen molar-refractivity contribution in [2.24, 2.45) is 0 Å². The summed E-state index contributed by atoms with van der Waals surface area (Å²) in [5.41, 5.74) is 4.37. The van der Waals surface area contributed by atoms with Crippen LogP contribution in [0.3, 0.4) is 0 Å². The molecule has 0 aliphatic heterocycles. The Kier molecular flexibility index (Phi) is 8.18. The molecule has 0 unspecified atom stereocenters. The van der Waals surface area contributed by atoms with E-state index in [1.807, 2.05) is 5.31 Å². The Morgan fingerprint density at radius 1 is 0.667 bits per heavy atom. The molecule has 2 aromatic rings. The van der Waals surface area contributed by atoms with E-state index in [2.05, 4.69) is 79.7 Å². The van der Waals surface area contributed by atoms with E-state index in [1.54, 1.807) is 5.57 Å². The zero-order valence-electron chi connectivity index (χ0n) is 20.3. The summed E-state index contributed by atoms with van der Waals surface area (Å²) in [5.74, 6) is 0. The predicted molar refractivity (Wildman–Crippen MR) is 150 cm³/mol. The van der Waals surface area contributed by atoms with E-state index in [1.165, 1.54) is 81.2 Å². The van der Waals surface area contributed by atoms with Gasteiger partial charge in [-0.2, -0.15) is 0 Å². The molecule has 2 saturated carbocycles. The topological polar surface area (TPSA) is 0 Å². The molecule has 33 heavy (non-hydrogen) atoms. The summed E-state index contributed by atoms with van der Waals surface area (Å²) in [7, 11) is -0.426. The standard InChI is InChI=1S/C31H40P2/c1-25(32(26-15-6-2-7-16-26)27-17-8-3-9-18-27)30-23-14-24-31(30)33(28-19-10-4-11-20-28)29-21-12-5-13-22-29/h2-3,6-9,14-18,24-25,28-29H,4-5,10-13,19-23H2,1H3/t25-/m1/s1. The first kappa shape index (κ1) is 23.5. The third-order valence-corrected chi connectivity index (χ3v) is 14.5. The molecule has 0 bridgehead atoms. The maximum atomic E-state index is 2.62. The minimum atomic E-state index is -0.397. The summed E-state index contributed by atoms with van der Waals surface area (Å²) in [4.78, 5) is 0. The smallest absolute Gasteiger partial charge is 0.00650 e. The SMILES string of the molecule is C[C@H](C1=C(P(C2CCCCC2)C2CCCCC2)C=CC1)P(c1ccccc1)c1ccccc1. The van der Waals surface area contributed by atoms with E-state index in [0.29, 0.717) is 5.66 Å². The second-order valence-electron chi connectivity index (χ2n) is 10.2. The highest BCUT2D eigenvalue weighted by Gasteiger charge is 2.36. The van der Waals surface area contributed by atoms with Crippen LogP contribution in [-0.4, -0.2) is 17.0 Å². The first-order valence-electron chi connectivity index (χ1n) is 13.4. The van der Waals surface area contributed by atoms with Gasteiger partial charge in [-0.05, 0) is 67.3 Å². The van der Waals surface area contributed by atoms with Crippen molar-refractivity contribution >= 4 is 26.5 Å². The summed E-state index contributed by atoms with van der Waals surface area (Å²) in [6, 6.07) is 22.8. The maximum absolute atomic E-state index is 2.62. The number of hydrogen-bond acceptors (Lipinski definition) is 0. The van der Waals surface area contributed by atoms with Crippen LogP contribution in [0.4, 0.5) is 0 Å². The molecule has 3 aliphatic carbocycles. The molecular weight excluding hydrogens is 434 g/mol. The van der Waals surface area contributed by atoms with Gasteiger partial charge in [0.2, 0.25) is 0 Å². The number of allylic oxidation sites excluding steroid dienone is 4. The summed E-state index contributed by atoms with van der Waals surface area (Å²) < 4.78 is 0. The number of hydrogen-bond donors (Lipinski definition) is 0. The van der Waals surface area contributed by atoms with Crippen LogP contribution in [0.5, 0.6) is 0 Å². The summed E-state index contributed by atoms with van der Waals surface area (Å²) in [6.07, 6.45) is 21.1. The molecule has 5 rings (SSSR count). The third kappa shape index (κ3) is 5.39. The van der Waals surface area contributed by atoms with Crippen LogP contribution in [0.25, 0.3) is 0 Å². The van der Waals surface area contributed by atoms with Crippen LogP contribution in [0.2, 0.25) is 0 Å². The van der Waals surface area contributed by atoms with Crippen molar-refractivity contribution in [3.63, 3.8) is 0 Å². The van der Waals surface area contributed by atoms with Crippen molar-refractivity contribution in [1.82, 2.24) is 0 Å². The van der Waals surface area contributed by atoms with Crippen LogP contribution in [0.1, 0.15) is 77.6 Å². The van der Waals surface area contributed by atoms with E-state index in [0.717, 1.165) is 11.3 Å². The molecule has 0 spiro atoms. The molecule has 0 aromatic heterocycles. The zero-order valence-corrected chi connectivity index (χ0v) is 22.1. The highest BCUT2D eigenvalue weighted by molar-refractivity contribution is 7.74. The van der Waals surface area contributed by atoms with Crippen LogP contribution in [-0.2, 0) is 0 Å². The van der Waals surface area contributed by atoms with Gasteiger partial charge in [0.05, 0.1) is 0 Å². The van der Waals surface area contributed by atoms with E-state index < -0.39 is 7.92 Å².